The number of nitrogens with two attached hydrogens (primary N) is 1. The maximum absolute atomic E-state index is 6.66. The topological polar surface area (TPSA) is 26.0 Å². The molecule has 0 atom stereocenters. The van der Waals surface area contributed by atoms with Crippen molar-refractivity contribution in [3.8, 4) is 0 Å². The number of hydrogen-bond acceptors (Lipinski definition) is 1. The van der Waals surface area contributed by atoms with Gasteiger partial charge in [-0.05, 0) is 42.4 Å². The summed E-state index contributed by atoms with van der Waals surface area (Å²) in [6.07, 6.45) is 6.56. The zero-order valence-electron chi connectivity index (χ0n) is 14.0. The molecule has 0 aliphatic rings. The molecule has 0 spiro atoms. The Balaban J connectivity index is 2.02. The molecule has 0 saturated heterocycles. The van der Waals surface area contributed by atoms with Gasteiger partial charge < -0.3 is 5.73 Å². The Morgan fingerprint density at radius 1 is 0.727 bits per heavy atom. The summed E-state index contributed by atoms with van der Waals surface area (Å²) < 4.78 is 0. The maximum atomic E-state index is 6.66. The van der Waals surface area contributed by atoms with Crippen molar-refractivity contribution in [2.75, 3.05) is 0 Å². The maximum Gasteiger partial charge on any atom is 0.0409 e. The molecule has 0 saturated carbocycles. The number of benzene rings is 2. The van der Waals surface area contributed by atoms with Crippen molar-refractivity contribution >= 4 is 0 Å². The van der Waals surface area contributed by atoms with Crippen LogP contribution in [0.5, 0.6) is 0 Å². The lowest BCUT2D eigenvalue weighted by Crippen LogP contribution is -2.36. The average Bonchev–Trinajstić information content (AvgIpc) is 2.55. The predicted molar refractivity (Wildman–Crippen MR) is 96.0 cm³/mol. The van der Waals surface area contributed by atoms with Crippen LogP contribution in [0.1, 0.15) is 56.2 Å². The molecule has 0 aliphatic heterocycles. The van der Waals surface area contributed by atoms with Gasteiger partial charge in [0.25, 0.3) is 0 Å². The molecule has 0 unspecified atom stereocenters. The Bertz CT molecular complexity index is 536. The van der Waals surface area contributed by atoms with Crippen molar-refractivity contribution in [2.45, 2.75) is 57.9 Å². The first kappa shape index (κ1) is 16.8. The van der Waals surface area contributed by atoms with Gasteiger partial charge in [-0.1, -0.05) is 81.3 Å². The molecule has 1 heteroatoms. The van der Waals surface area contributed by atoms with Crippen molar-refractivity contribution in [3.05, 3.63) is 71.3 Å². The Kier molecular flexibility index (Phi) is 6.21. The van der Waals surface area contributed by atoms with E-state index in [1.54, 1.807) is 0 Å². The Labute approximate surface area is 135 Å². The fourth-order valence-corrected chi connectivity index (χ4v) is 3.24. The molecule has 0 amide bonds. The first-order valence-electron chi connectivity index (χ1n) is 8.60. The second kappa shape index (κ2) is 8.14. The molecular weight excluding hydrogens is 266 g/mol. The summed E-state index contributed by atoms with van der Waals surface area (Å²) in [7, 11) is 0. The van der Waals surface area contributed by atoms with Gasteiger partial charge in [-0.2, -0.15) is 0 Å². The number of hydrogen-bond donors (Lipinski definition) is 1. The number of rotatable bonds is 8. The fourth-order valence-electron chi connectivity index (χ4n) is 3.24. The van der Waals surface area contributed by atoms with Crippen LogP contribution in [0.3, 0.4) is 0 Å². The monoisotopic (exact) mass is 295 g/mol. The first-order chi connectivity index (χ1) is 10.7. The number of aryl methyl sites for hydroxylation is 2. The SMILES string of the molecule is CCCC(N)(CCC)c1ccc(CCc2ccccc2)cc1. The standard InChI is InChI=1S/C21H29N/c1-3-16-21(22,17-4-2)20-14-12-19(13-15-20)11-10-18-8-6-5-7-9-18/h5-9,12-15H,3-4,10-11,16-17,22H2,1-2H3. The van der Waals surface area contributed by atoms with Crippen molar-refractivity contribution in [2.24, 2.45) is 5.73 Å². The third-order valence-corrected chi connectivity index (χ3v) is 4.47. The van der Waals surface area contributed by atoms with E-state index >= 15 is 0 Å². The highest BCUT2D eigenvalue weighted by Gasteiger charge is 2.24. The lowest BCUT2D eigenvalue weighted by molar-refractivity contribution is 0.369. The van der Waals surface area contributed by atoms with E-state index < -0.39 is 0 Å². The molecule has 0 aromatic heterocycles. The molecule has 0 bridgehead atoms. The van der Waals surface area contributed by atoms with Crippen molar-refractivity contribution in [1.29, 1.82) is 0 Å². The lowest BCUT2D eigenvalue weighted by Gasteiger charge is -2.29. The van der Waals surface area contributed by atoms with Crippen LogP contribution in [0.25, 0.3) is 0 Å². The van der Waals surface area contributed by atoms with Crippen LogP contribution in [-0.4, -0.2) is 0 Å². The van der Waals surface area contributed by atoms with E-state index in [2.05, 4.69) is 68.4 Å². The zero-order chi connectivity index (χ0) is 15.8. The third-order valence-electron chi connectivity index (χ3n) is 4.47. The summed E-state index contributed by atoms with van der Waals surface area (Å²) in [5, 5.41) is 0. The van der Waals surface area contributed by atoms with Gasteiger partial charge in [0.15, 0.2) is 0 Å². The van der Waals surface area contributed by atoms with Gasteiger partial charge in [0.2, 0.25) is 0 Å². The molecule has 118 valence electrons. The highest BCUT2D eigenvalue weighted by atomic mass is 14.7. The quantitative estimate of drug-likeness (QED) is 0.709. The minimum atomic E-state index is -0.151. The van der Waals surface area contributed by atoms with Crippen LogP contribution in [-0.2, 0) is 18.4 Å². The fraction of sp³-hybridized carbons (Fsp3) is 0.429. The zero-order valence-corrected chi connectivity index (χ0v) is 14.0. The molecular formula is C21H29N. The Morgan fingerprint density at radius 2 is 1.23 bits per heavy atom. The summed E-state index contributed by atoms with van der Waals surface area (Å²) in [6, 6.07) is 19.7. The van der Waals surface area contributed by atoms with Crippen LogP contribution in [0.15, 0.2) is 54.6 Å². The van der Waals surface area contributed by atoms with Gasteiger partial charge in [-0.3, -0.25) is 0 Å². The molecule has 0 radical (unpaired) electrons. The van der Waals surface area contributed by atoms with Gasteiger partial charge in [0.1, 0.15) is 0 Å². The van der Waals surface area contributed by atoms with E-state index in [0.29, 0.717) is 0 Å². The minimum absolute atomic E-state index is 0.151. The Hall–Kier alpha value is -1.60. The van der Waals surface area contributed by atoms with Crippen LogP contribution in [0, 0.1) is 0 Å². The van der Waals surface area contributed by atoms with E-state index in [-0.39, 0.29) is 5.54 Å². The summed E-state index contributed by atoms with van der Waals surface area (Å²) in [5.41, 5.74) is 10.6. The average molecular weight is 295 g/mol. The molecule has 2 N–H and O–H groups in total. The molecule has 0 heterocycles. The van der Waals surface area contributed by atoms with Gasteiger partial charge in [-0.25, -0.2) is 0 Å². The van der Waals surface area contributed by atoms with Crippen molar-refractivity contribution < 1.29 is 0 Å². The smallest absolute Gasteiger partial charge is 0.0409 e. The molecule has 2 aromatic carbocycles. The van der Waals surface area contributed by atoms with E-state index in [1.165, 1.54) is 16.7 Å². The molecule has 0 fully saturated rings. The summed E-state index contributed by atoms with van der Waals surface area (Å²) in [5.74, 6) is 0. The van der Waals surface area contributed by atoms with Crippen molar-refractivity contribution in [1.82, 2.24) is 0 Å². The van der Waals surface area contributed by atoms with Crippen LogP contribution >= 0.6 is 0 Å². The van der Waals surface area contributed by atoms with E-state index in [0.717, 1.165) is 38.5 Å². The van der Waals surface area contributed by atoms with Crippen LogP contribution < -0.4 is 5.73 Å². The van der Waals surface area contributed by atoms with Crippen LogP contribution in [0.4, 0.5) is 0 Å². The summed E-state index contributed by atoms with van der Waals surface area (Å²) in [4.78, 5) is 0. The first-order valence-corrected chi connectivity index (χ1v) is 8.60. The molecule has 1 nitrogen and oxygen atoms in total. The van der Waals surface area contributed by atoms with Gasteiger partial charge in [0.05, 0.1) is 0 Å². The Morgan fingerprint density at radius 3 is 1.73 bits per heavy atom. The second-order valence-electron chi connectivity index (χ2n) is 6.34. The van der Waals surface area contributed by atoms with Gasteiger partial charge in [0, 0.05) is 5.54 Å². The molecule has 2 rings (SSSR count). The minimum Gasteiger partial charge on any atom is -0.321 e. The van der Waals surface area contributed by atoms with E-state index in [4.69, 9.17) is 5.73 Å². The van der Waals surface area contributed by atoms with E-state index in [9.17, 15) is 0 Å². The highest BCUT2D eigenvalue weighted by molar-refractivity contribution is 5.29. The van der Waals surface area contributed by atoms with Crippen LogP contribution in [0.2, 0.25) is 0 Å². The van der Waals surface area contributed by atoms with Gasteiger partial charge in [-0.15, -0.1) is 0 Å². The largest absolute Gasteiger partial charge is 0.321 e. The van der Waals surface area contributed by atoms with E-state index in [1.807, 2.05) is 0 Å². The third kappa shape index (κ3) is 4.45. The molecule has 22 heavy (non-hydrogen) atoms. The molecule has 0 aliphatic carbocycles. The van der Waals surface area contributed by atoms with Gasteiger partial charge >= 0.3 is 0 Å². The lowest BCUT2D eigenvalue weighted by atomic mass is 9.82. The second-order valence-corrected chi connectivity index (χ2v) is 6.34. The molecule has 2 aromatic rings. The normalized spacial score (nSPS) is 11.6. The summed E-state index contributed by atoms with van der Waals surface area (Å²) in [6.45, 7) is 4.43. The highest BCUT2D eigenvalue weighted by Crippen LogP contribution is 2.29. The predicted octanol–water partition coefficient (Wildman–Crippen LogP) is 5.23. The summed E-state index contributed by atoms with van der Waals surface area (Å²) >= 11 is 0. The van der Waals surface area contributed by atoms with Crippen molar-refractivity contribution in [3.63, 3.8) is 0 Å².